The molecular formula is C18H24F3NS. The van der Waals surface area contributed by atoms with E-state index >= 15 is 0 Å². The summed E-state index contributed by atoms with van der Waals surface area (Å²) < 4.78 is 39.4. The summed E-state index contributed by atoms with van der Waals surface area (Å²) in [6.07, 6.45) is -2.15. The maximum absolute atomic E-state index is 13.1. The lowest BCUT2D eigenvalue weighted by Gasteiger charge is -2.38. The highest BCUT2D eigenvalue weighted by Crippen LogP contribution is 2.44. The Kier molecular flexibility index (Phi) is 5.09. The van der Waals surface area contributed by atoms with Crippen LogP contribution in [0, 0.1) is 5.41 Å². The average molecular weight is 343 g/mol. The summed E-state index contributed by atoms with van der Waals surface area (Å²) in [5.74, 6) is 1.02. The van der Waals surface area contributed by atoms with Crippen molar-refractivity contribution < 1.29 is 13.2 Å². The molecule has 1 heterocycles. The van der Waals surface area contributed by atoms with Crippen molar-refractivity contribution in [3.8, 4) is 0 Å². The van der Waals surface area contributed by atoms with E-state index in [1.165, 1.54) is 12.1 Å². The van der Waals surface area contributed by atoms with Crippen LogP contribution in [-0.2, 0) is 6.18 Å². The van der Waals surface area contributed by atoms with Crippen LogP contribution < -0.4 is 4.90 Å². The smallest absolute Gasteiger partial charge is 0.336 e. The van der Waals surface area contributed by atoms with E-state index in [0.29, 0.717) is 12.2 Å². The molecule has 2 rings (SSSR count). The minimum Gasteiger partial charge on any atom is -0.336 e. The number of allylic oxidation sites excluding steroid dienone is 1. The van der Waals surface area contributed by atoms with E-state index in [0.717, 1.165) is 16.3 Å². The van der Waals surface area contributed by atoms with Crippen molar-refractivity contribution in [2.24, 2.45) is 5.41 Å². The lowest BCUT2D eigenvalue weighted by atomic mass is 9.91. The number of rotatable bonds is 3. The third-order valence-electron chi connectivity index (χ3n) is 3.72. The Bertz CT molecular complexity index is 599. The molecule has 0 N–H and O–H groups in total. The lowest BCUT2D eigenvalue weighted by Crippen LogP contribution is -2.34. The first-order valence-corrected chi connectivity index (χ1v) is 8.85. The Balaban J connectivity index is 2.54. The topological polar surface area (TPSA) is 3.24 Å². The van der Waals surface area contributed by atoms with Crippen LogP contribution in [0.2, 0.25) is 0 Å². The van der Waals surface area contributed by atoms with E-state index in [2.05, 4.69) is 38.7 Å². The highest BCUT2D eigenvalue weighted by molar-refractivity contribution is 8.03. The number of benzene rings is 1. The van der Waals surface area contributed by atoms with Gasteiger partial charge in [-0.2, -0.15) is 13.2 Å². The molecule has 1 aromatic carbocycles. The summed E-state index contributed by atoms with van der Waals surface area (Å²) in [6, 6.07) is 4.12. The third-order valence-corrected chi connectivity index (χ3v) is 4.66. The molecule has 0 fully saturated rings. The van der Waals surface area contributed by atoms with Gasteiger partial charge in [-0.15, -0.1) is 11.8 Å². The number of anilines is 1. The van der Waals surface area contributed by atoms with Crippen molar-refractivity contribution in [3.63, 3.8) is 0 Å². The average Bonchev–Trinajstić information content (AvgIpc) is 2.40. The summed E-state index contributed by atoms with van der Waals surface area (Å²) >= 11 is 1.69. The first kappa shape index (κ1) is 18.2. The van der Waals surface area contributed by atoms with Gasteiger partial charge in [-0.25, -0.2) is 0 Å². The van der Waals surface area contributed by atoms with Gasteiger partial charge in [0.2, 0.25) is 0 Å². The van der Waals surface area contributed by atoms with Gasteiger partial charge in [0, 0.05) is 18.2 Å². The van der Waals surface area contributed by atoms with E-state index in [9.17, 15) is 13.2 Å². The van der Waals surface area contributed by atoms with E-state index in [1.807, 2.05) is 6.92 Å². The largest absolute Gasteiger partial charge is 0.416 e. The molecule has 0 amide bonds. The molecule has 1 aliphatic rings. The van der Waals surface area contributed by atoms with Crippen LogP contribution in [0.4, 0.5) is 18.9 Å². The fraction of sp³-hybridized carbons (Fsp3) is 0.556. The van der Waals surface area contributed by atoms with Crippen LogP contribution in [0.25, 0.3) is 0 Å². The van der Waals surface area contributed by atoms with Crippen molar-refractivity contribution in [3.05, 3.63) is 40.4 Å². The first-order chi connectivity index (χ1) is 10.5. The number of thioether (sulfide) groups is 1. The predicted octanol–water partition coefficient (Wildman–Crippen LogP) is 6.27. The van der Waals surface area contributed by atoms with Gasteiger partial charge in [-0.1, -0.05) is 40.7 Å². The number of halogens is 3. The van der Waals surface area contributed by atoms with Gasteiger partial charge in [0.15, 0.2) is 0 Å². The SMILES string of the molecule is CCSC1=CC(C)c2ccc(C(F)(F)F)cc2N1CC(C)(C)C. The van der Waals surface area contributed by atoms with Crippen molar-refractivity contribution in [2.45, 2.75) is 46.7 Å². The fourth-order valence-electron chi connectivity index (χ4n) is 2.76. The number of nitrogens with zero attached hydrogens (tertiary/aromatic N) is 1. The molecule has 0 aliphatic carbocycles. The highest BCUT2D eigenvalue weighted by Gasteiger charge is 2.34. The van der Waals surface area contributed by atoms with E-state index in [-0.39, 0.29) is 11.3 Å². The van der Waals surface area contributed by atoms with Gasteiger partial charge in [-0.3, -0.25) is 0 Å². The second-order valence-electron chi connectivity index (χ2n) is 7.14. The second kappa shape index (κ2) is 6.42. The van der Waals surface area contributed by atoms with Crippen LogP contribution >= 0.6 is 11.8 Å². The molecule has 0 radical (unpaired) electrons. The molecule has 0 saturated carbocycles. The quantitative estimate of drug-likeness (QED) is 0.636. The Morgan fingerprint density at radius 3 is 2.35 bits per heavy atom. The van der Waals surface area contributed by atoms with Gasteiger partial charge < -0.3 is 4.90 Å². The fourth-order valence-corrected chi connectivity index (χ4v) is 3.68. The monoisotopic (exact) mass is 343 g/mol. The zero-order valence-electron chi connectivity index (χ0n) is 14.3. The lowest BCUT2D eigenvalue weighted by molar-refractivity contribution is -0.137. The third kappa shape index (κ3) is 4.25. The van der Waals surface area contributed by atoms with Crippen molar-refractivity contribution in [1.29, 1.82) is 0 Å². The van der Waals surface area contributed by atoms with Gasteiger partial charge >= 0.3 is 6.18 Å². The normalized spacial score (nSPS) is 18.7. The maximum Gasteiger partial charge on any atom is 0.416 e. The summed E-state index contributed by atoms with van der Waals surface area (Å²) in [7, 11) is 0. The highest BCUT2D eigenvalue weighted by atomic mass is 32.2. The molecule has 128 valence electrons. The first-order valence-electron chi connectivity index (χ1n) is 7.86. The summed E-state index contributed by atoms with van der Waals surface area (Å²) in [5.41, 5.74) is 1.06. The molecule has 0 saturated heterocycles. The van der Waals surface area contributed by atoms with E-state index < -0.39 is 11.7 Å². The van der Waals surface area contributed by atoms with Gasteiger partial charge in [0.1, 0.15) is 0 Å². The molecule has 0 spiro atoms. The second-order valence-corrected chi connectivity index (χ2v) is 8.43. The summed E-state index contributed by atoms with van der Waals surface area (Å²) in [5, 5.41) is 1.06. The van der Waals surface area contributed by atoms with Crippen LogP contribution in [0.15, 0.2) is 29.3 Å². The van der Waals surface area contributed by atoms with Crippen molar-refractivity contribution in [2.75, 3.05) is 17.2 Å². The summed E-state index contributed by atoms with van der Waals surface area (Å²) in [6.45, 7) is 11.1. The molecule has 1 aliphatic heterocycles. The molecule has 0 aromatic heterocycles. The molecule has 0 bridgehead atoms. The Morgan fingerprint density at radius 1 is 1.17 bits per heavy atom. The number of hydrogen-bond acceptors (Lipinski definition) is 2. The number of fused-ring (bicyclic) bond motifs is 1. The van der Waals surface area contributed by atoms with E-state index in [1.54, 1.807) is 17.8 Å². The molecular weight excluding hydrogens is 319 g/mol. The van der Waals surface area contributed by atoms with Crippen LogP contribution in [0.1, 0.15) is 51.7 Å². The minimum atomic E-state index is -4.31. The Labute approximate surface area is 140 Å². The van der Waals surface area contributed by atoms with Crippen molar-refractivity contribution >= 4 is 17.4 Å². The molecule has 1 atom stereocenters. The van der Waals surface area contributed by atoms with Gasteiger partial charge in [0.25, 0.3) is 0 Å². The summed E-state index contributed by atoms with van der Waals surface area (Å²) in [4.78, 5) is 2.05. The Hall–Kier alpha value is -1.10. The zero-order chi connectivity index (χ0) is 17.4. The van der Waals surface area contributed by atoms with Crippen LogP contribution in [0.3, 0.4) is 0 Å². The molecule has 23 heavy (non-hydrogen) atoms. The maximum atomic E-state index is 13.1. The molecule has 1 unspecified atom stereocenters. The zero-order valence-corrected chi connectivity index (χ0v) is 15.1. The van der Waals surface area contributed by atoms with Gasteiger partial charge in [-0.05, 0) is 34.9 Å². The van der Waals surface area contributed by atoms with Crippen molar-refractivity contribution in [1.82, 2.24) is 0 Å². The van der Waals surface area contributed by atoms with E-state index in [4.69, 9.17) is 0 Å². The van der Waals surface area contributed by atoms with Crippen LogP contribution in [0.5, 0.6) is 0 Å². The molecule has 1 aromatic rings. The molecule has 1 nitrogen and oxygen atoms in total. The predicted molar refractivity (Wildman–Crippen MR) is 92.9 cm³/mol. The van der Waals surface area contributed by atoms with Crippen LogP contribution in [-0.4, -0.2) is 12.3 Å². The Morgan fingerprint density at radius 2 is 1.83 bits per heavy atom. The minimum absolute atomic E-state index is 0.0144. The van der Waals surface area contributed by atoms with Gasteiger partial charge in [0.05, 0.1) is 10.6 Å². The number of hydrogen-bond donors (Lipinski definition) is 0. The number of alkyl halides is 3. The standard InChI is InChI=1S/C18H24F3NS/c1-6-23-16-9-12(2)14-8-7-13(18(19,20)21)10-15(14)22(16)11-17(3,4)5/h7-10,12H,6,11H2,1-5H3. The molecule has 5 heteroatoms.